The summed E-state index contributed by atoms with van der Waals surface area (Å²) >= 11 is 0. The van der Waals surface area contributed by atoms with Crippen LogP contribution in [0.3, 0.4) is 0 Å². The fraction of sp³-hybridized carbons (Fsp3) is 0.500. The van der Waals surface area contributed by atoms with Crippen LogP contribution in [0, 0.1) is 11.7 Å². The molecule has 1 unspecified atom stereocenters. The number of aliphatic carboxylic acids is 1. The van der Waals surface area contributed by atoms with Crippen molar-refractivity contribution < 1.29 is 19.1 Å². The van der Waals surface area contributed by atoms with Gasteiger partial charge in [-0.2, -0.15) is 5.10 Å². The lowest BCUT2D eigenvalue weighted by Gasteiger charge is -2.29. The van der Waals surface area contributed by atoms with E-state index in [1.165, 1.54) is 6.07 Å². The minimum atomic E-state index is -0.834. The Morgan fingerprint density at radius 3 is 2.58 bits per heavy atom. The summed E-state index contributed by atoms with van der Waals surface area (Å²) in [6, 6.07) is 8.74. The van der Waals surface area contributed by atoms with E-state index in [1.807, 2.05) is 11.0 Å². The zero-order chi connectivity index (χ0) is 25.0. The van der Waals surface area contributed by atoms with E-state index >= 15 is 4.39 Å². The van der Waals surface area contributed by atoms with Gasteiger partial charge in [0.2, 0.25) is 0 Å². The van der Waals surface area contributed by atoms with Crippen LogP contribution in [-0.2, 0) is 4.79 Å². The van der Waals surface area contributed by atoms with Crippen LogP contribution in [0.4, 0.5) is 4.39 Å². The van der Waals surface area contributed by atoms with E-state index in [0.29, 0.717) is 40.5 Å². The number of likely N-dealkylation sites (tertiary alicyclic amines) is 1. The highest BCUT2D eigenvalue weighted by Gasteiger charge is 2.44. The van der Waals surface area contributed by atoms with Gasteiger partial charge in [0.05, 0.1) is 11.6 Å². The molecule has 1 amide bonds. The van der Waals surface area contributed by atoms with Crippen LogP contribution in [0.15, 0.2) is 30.3 Å². The van der Waals surface area contributed by atoms with Crippen molar-refractivity contribution in [3.8, 4) is 11.3 Å². The molecule has 2 aliphatic carbocycles. The van der Waals surface area contributed by atoms with Crippen molar-refractivity contribution in [2.45, 2.75) is 76.2 Å². The Balaban J connectivity index is 1.36. The number of carboxylic acids is 1. The Bertz CT molecular complexity index is 1350. The van der Waals surface area contributed by atoms with Crippen molar-refractivity contribution in [1.82, 2.24) is 19.5 Å². The van der Waals surface area contributed by atoms with Crippen LogP contribution in [0.2, 0.25) is 0 Å². The van der Waals surface area contributed by atoms with Crippen LogP contribution >= 0.6 is 0 Å². The van der Waals surface area contributed by atoms with Gasteiger partial charge in [0.25, 0.3) is 5.91 Å². The summed E-state index contributed by atoms with van der Waals surface area (Å²) in [6.45, 7) is 2.86. The van der Waals surface area contributed by atoms with Crippen molar-refractivity contribution in [3.05, 3.63) is 53.1 Å². The second kappa shape index (κ2) is 8.98. The first kappa shape index (κ1) is 23.1. The molecule has 2 aromatic heterocycles. The van der Waals surface area contributed by atoms with E-state index in [-0.39, 0.29) is 17.9 Å². The summed E-state index contributed by atoms with van der Waals surface area (Å²) in [5.41, 5.74) is 3.48. The minimum Gasteiger partial charge on any atom is -0.481 e. The van der Waals surface area contributed by atoms with Gasteiger partial charge in [-0.1, -0.05) is 25.3 Å². The summed E-state index contributed by atoms with van der Waals surface area (Å²) in [5, 5.41) is 13.9. The number of fused-ring (bicyclic) bond motifs is 1. The molecular formula is C28H31FN4O3. The van der Waals surface area contributed by atoms with E-state index in [1.54, 1.807) is 22.7 Å². The number of hydrogen-bond acceptors (Lipinski definition) is 4. The van der Waals surface area contributed by atoms with Crippen molar-refractivity contribution in [3.63, 3.8) is 0 Å². The molecule has 0 radical (unpaired) electrons. The summed E-state index contributed by atoms with van der Waals surface area (Å²) in [7, 11) is 0. The molecule has 2 saturated carbocycles. The zero-order valence-electron chi connectivity index (χ0n) is 20.5. The molecule has 0 spiro atoms. The molecule has 0 bridgehead atoms. The van der Waals surface area contributed by atoms with Crippen LogP contribution in [0.25, 0.3) is 16.9 Å². The first-order valence-corrected chi connectivity index (χ1v) is 13.1. The third-order valence-corrected chi connectivity index (χ3v) is 8.32. The molecule has 6 rings (SSSR count). The molecule has 7 nitrogen and oxygen atoms in total. The number of nitrogens with zero attached hydrogens (tertiary/aromatic N) is 4. The van der Waals surface area contributed by atoms with Crippen LogP contribution in [0.5, 0.6) is 0 Å². The molecule has 3 fully saturated rings. The summed E-state index contributed by atoms with van der Waals surface area (Å²) in [6.07, 6.45) is 8.06. The normalized spacial score (nSPS) is 24.4. The number of aromatic nitrogens is 3. The van der Waals surface area contributed by atoms with Crippen LogP contribution in [0.1, 0.15) is 91.9 Å². The molecule has 1 aromatic carbocycles. The maximum atomic E-state index is 15.2. The number of hydrogen-bond donors (Lipinski definition) is 1. The Hall–Kier alpha value is -3.29. The van der Waals surface area contributed by atoms with E-state index in [4.69, 9.17) is 10.1 Å². The first-order valence-electron chi connectivity index (χ1n) is 13.1. The lowest BCUT2D eigenvalue weighted by Crippen LogP contribution is -2.38. The largest absolute Gasteiger partial charge is 0.481 e. The molecule has 1 aliphatic heterocycles. The Labute approximate surface area is 209 Å². The van der Waals surface area contributed by atoms with Gasteiger partial charge >= 0.3 is 5.97 Å². The number of halogens is 1. The number of benzene rings is 1. The Morgan fingerprint density at radius 2 is 1.89 bits per heavy atom. The summed E-state index contributed by atoms with van der Waals surface area (Å²) < 4.78 is 16.9. The zero-order valence-corrected chi connectivity index (χ0v) is 20.5. The smallest absolute Gasteiger partial charge is 0.307 e. The number of amides is 1. The van der Waals surface area contributed by atoms with Gasteiger partial charge < -0.3 is 10.0 Å². The van der Waals surface area contributed by atoms with Gasteiger partial charge in [-0.15, -0.1) is 0 Å². The lowest BCUT2D eigenvalue weighted by atomic mass is 9.82. The van der Waals surface area contributed by atoms with Crippen LogP contribution < -0.4 is 0 Å². The topological polar surface area (TPSA) is 87.8 Å². The van der Waals surface area contributed by atoms with Crippen LogP contribution in [-0.4, -0.2) is 49.1 Å². The third-order valence-electron chi connectivity index (χ3n) is 8.32. The average Bonchev–Trinajstić information content (AvgIpc) is 3.56. The maximum Gasteiger partial charge on any atom is 0.307 e. The van der Waals surface area contributed by atoms with E-state index in [9.17, 15) is 14.7 Å². The molecule has 36 heavy (non-hydrogen) atoms. The predicted molar refractivity (Wildman–Crippen MR) is 132 cm³/mol. The summed E-state index contributed by atoms with van der Waals surface area (Å²) in [5.74, 6) is -1.54. The van der Waals surface area contributed by atoms with Crippen molar-refractivity contribution >= 4 is 17.5 Å². The van der Waals surface area contributed by atoms with E-state index in [2.05, 4.69) is 6.92 Å². The summed E-state index contributed by atoms with van der Waals surface area (Å²) in [4.78, 5) is 31.4. The highest BCUT2D eigenvalue weighted by molar-refractivity contribution is 5.93. The number of carbonyl (C=O) groups excluding carboxylic acids is 1. The quantitative estimate of drug-likeness (QED) is 0.518. The van der Waals surface area contributed by atoms with Gasteiger partial charge in [0.1, 0.15) is 11.5 Å². The molecule has 188 valence electrons. The average molecular weight is 491 g/mol. The first-order chi connectivity index (χ1) is 17.4. The number of carbonyl (C=O) groups is 2. The monoisotopic (exact) mass is 490 g/mol. The fourth-order valence-corrected chi connectivity index (χ4v) is 5.76. The molecule has 1 saturated heterocycles. The van der Waals surface area contributed by atoms with Gasteiger partial charge in [0.15, 0.2) is 5.65 Å². The molecular weight excluding hydrogens is 459 g/mol. The Morgan fingerprint density at radius 1 is 1.06 bits per heavy atom. The molecule has 1 N–H and O–H groups in total. The molecule has 3 aromatic rings. The standard InChI is InChI=1S/C28H31FN4O3/c1-16-6-3-2-4-11-32(16)27(34)24-14-25(17-7-5-8-17)33-26(30-24)15-23(31-33)19-10-9-18(12-22(19)29)20-13-21(20)28(35)36/h9-10,12,14-17,20-21H,2-8,11,13H2,1H3,(H,35,36)/t16-,20?,21-/m1/s1. The lowest BCUT2D eigenvalue weighted by molar-refractivity contribution is -0.138. The number of carboxylic acid groups (broad SMARTS) is 1. The fourth-order valence-electron chi connectivity index (χ4n) is 5.76. The molecule has 3 aliphatic rings. The minimum absolute atomic E-state index is 0.0387. The van der Waals surface area contributed by atoms with Crippen molar-refractivity contribution in [2.75, 3.05) is 6.54 Å². The predicted octanol–water partition coefficient (Wildman–Crippen LogP) is 5.40. The highest BCUT2D eigenvalue weighted by Crippen LogP contribution is 2.48. The van der Waals surface area contributed by atoms with Gasteiger partial charge in [0, 0.05) is 35.8 Å². The SMILES string of the molecule is C[C@@H]1CCCCCN1C(=O)c1cc(C2CCC2)n2nc(-c3ccc(C4C[C@H]4C(=O)O)cc3F)cc2n1. The van der Waals surface area contributed by atoms with Gasteiger partial charge in [-0.25, -0.2) is 13.9 Å². The molecule has 3 heterocycles. The second-order valence-corrected chi connectivity index (χ2v) is 10.7. The van der Waals surface area contributed by atoms with Crippen molar-refractivity contribution in [1.29, 1.82) is 0 Å². The maximum absolute atomic E-state index is 15.2. The van der Waals surface area contributed by atoms with E-state index in [0.717, 1.165) is 57.2 Å². The van der Waals surface area contributed by atoms with Crippen molar-refractivity contribution in [2.24, 2.45) is 5.92 Å². The van der Waals surface area contributed by atoms with E-state index < -0.39 is 17.7 Å². The van der Waals surface area contributed by atoms with Gasteiger partial charge in [-0.3, -0.25) is 9.59 Å². The third kappa shape index (κ3) is 4.06. The second-order valence-electron chi connectivity index (χ2n) is 10.7. The molecule has 8 heteroatoms. The Kier molecular flexibility index (Phi) is 5.77. The van der Waals surface area contributed by atoms with Gasteiger partial charge in [-0.05, 0) is 68.7 Å². The number of rotatable bonds is 5. The molecule has 3 atom stereocenters. The highest BCUT2D eigenvalue weighted by atomic mass is 19.1.